The molecule has 3 aromatic heterocycles. The van der Waals surface area contributed by atoms with Crippen molar-refractivity contribution in [3.8, 4) is 16.9 Å². The van der Waals surface area contributed by atoms with Crippen molar-refractivity contribution in [3.63, 3.8) is 0 Å². The molecule has 0 spiro atoms. The Hall–Kier alpha value is -0.850. The Kier molecular flexibility index (Phi) is 4.56. The Bertz CT molecular complexity index is 830. The van der Waals surface area contributed by atoms with E-state index in [9.17, 15) is 9.90 Å². The summed E-state index contributed by atoms with van der Waals surface area (Å²) in [5.41, 5.74) is 1.11. The molecule has 0 saturated carbocycles. The molecule has 0 aliphatic heterocycles. The van der Waals surface area contributed by atoms with E-state index >= 15 is 0 Å². The minimum absolute atomic E-state index is 0. The molecule has 1 radical (unpaired) electrons. The van der Waals surface area contributed by atoms with Crippen LogP contribution in [0.15, 0.2) is 33.9 Å². The van der Waals surface area contributed by atoms with Crippen molar-refractivity contribution in [2.75, 3.05) is 0 Å². The summed E-state index contributed by atoms with van der Waals surface area (Å²) in [5, 5.41) is 14.9. The quantitative estimate of drug-likeness (QED) is 0.702. The maximum Gasteiger partial charge on any atom is 0.263 e. The van der Waals surface area contributed by atoms with E-state index in [4.69, 9.17) is 11.6 Å². The zero-order valence-electron chi connectivity index (χ0n) is 10.9. The van der Waals surface area contributed by atoms with Crippen molar-refractivity contribution in [1.29, 1.82) is 0 Å². The van der Waals surface area contributed by atoms with Gasteiger partial charge in [0.15, 0.2) is 0 Å². The van der Waals surface area contributed by atoms with Gasteiger partial charge in [-0.3, -0.25) is 9.36 Å². The van der Waals surface area contributed by atoms with E-state index in [1.165, 1.54) is 22.1 Å². The largest absolute Gasteiger partial charge is 0.506 e. The molecule has 1 N–H and O–H groups in total. The monoisotopic (exact) mass is 315 g/mol. The number of nitrogens with zero attached hydrogens (tertiary/aromatic N) is 2. The zero-order chi connectivity index (χ0) is 13.6. The third kappa shape index (κ3) is 2.40. The molecule has 0 fully saturated rings. The van der Waals surface area contributed by atoms with Crippen molar-refractivity contribution < 1.29 is 5.11 Å². The van der Waals surface area contributed by atoms with Crippen LogP contribution >= 0.6 is 22.9 Å². The molecule has 0 aliphatic carbocycles. The van der Waals surface area contributed by atoms with Gasteiger partial charge in [-0.25, -0.2) is 4.98 Å². The van der Waals surface area contributed by atoms with E-state index in [2.05, 4.69) is 4.98 Å². The summed E-state index contributed by atoms with van der Waals surface area (Å²) in [5.74, 6) is -0.0773. The Morgan fingerprint density at radius 3 is 2.85 bits per heavy atom. The van der Waals surface area contributed by atoms with Gasteiger partial charge in [0.1, 0.15) is 11.4 Å². The second-order valence-corrected chi connectivity index (χ2v) is 5.34. The number of rotatable bonds is 1. The predicted octanol–water partition coefficient (Wildman–Crippen LogP) is 2.64. The number of pyridine rings is 2. The first-order valence-electron chi connectivity index (χ1n) is 5.49. The number of aryl methyl sites for hydroxylation is 1. The van der Waals surface area contributed by atoms with Crippen molar-refractivity contribution >= 4 is 63.5 Å². The average molecular weight is 316 g/mol. The molecular weight excluding hydrogens is 307 g/mol. The second kappa shape index (κ2) is 5.87. The third-order valence-corrected chi connectivity index (χ3v) is 3.86. The molecule has 0 amide bonds. The number of hydrogen-bond donors (Lipinski definition) is 1. The molecule has 0 bridgehead atoms. The Morgan fingerprint density at radius 1 is 1.45 bits per heavy atom. The molecule has 0 atom stereocenters. The van der Waals surface area contributed by atoms with Gasteiger partial charge in [-0.1, -0.05) is 11.6 Å². The molecular formula is C13H9ClN2NaO2S. The summed E-state index contributed by atoms with van der Waals surface area (Å²) in [6.07, 6.45) is 1.45. The summed E-state index contributed by atoms with van der Waals surface area (Å²) < 4.78 is 1.42. The Balaban J connectivity index is 0.00000147. The van der Waals surface area contributed by atoms with Crippen LogP contribution in [0, 0.1) is 0 Å². The summed E-state index contributed by atoms with van der Waals surface area (Å²) in [6, 6.07) is 3.40. The first-order chi connectivity index (χ1) is 9.09. The number of halogens is 1. The van der Waals surface area contributed by atoms with Gasteiger partial charge in [-0.05, 0) is 22.9 Å². The van der Waals surface area contributed by atoms with Gasteiger partial charge in [0.05, 0.1) is 16.0 Å². The summed E-state index contributed by atoms with van der Waals surface area (Å²) in [7, 11) is 1.63. The molecule has 3 aromatic rings. The smallest absolute Gasteiger partial charge is 0.263 e. The molecule has 0 aliphatic rings. The van der Waals surface area contributed by atoms with E-state index in [1.54, 1.807) is 19.2 Å². The van der Waals surface area contributed by atoms with Gasteiger partial charge < -0.3 is 5.11 Å². The minimum atomic E-state index is -0.279. The van der Waals surface area contributed by atoms with Gasteiger partial charge >= 0.3 is 0 Å². The van der Waals surface area contributed by atoms with Crippen LogP contribution in [0.3, 0.4) is 0 Å². The maximum absolute atomic E-state index is 12.3. The topological polar surface area (TPSA) is 55.1 Å². The number of aromatic nitrogens is 2. The summed E-state index contributed by atoms with van der Waals surface area (Å²) in [4.78, 5) is 16.4. The molecule has 0 saturated heterocycles. The van der Waals surface area contributed by atoms with Crippen LogP contribution in [0.2, 0.25) is 5.02 Å². The van der Waals surface area contributed by atoms with E-state index in [1.807, 2.05) is 10.8 Å². The molecule has 4 nitrogen and oxygen atoms in total. The SMILES string of the molecule is Cn1c(=O)c(-c2ccsc2)c(O)c2cc(Cl)cnc21.[Na]. The van der Waals surface area contributed by atoms with Crippen LogP contribution in [-0.2, 0) is 7.05 Å². The van der Waals surface area contributed by atoms with E-state index in [0.717, 1.165) is 0 Å². The minimum Gasteiger partial charge on any atom is -0.506 e. The fourth-order valence-electron chi connectivity index (χ4n) is 2.04. The molecule has 3 rings (SSSR count). The van der Waals surface area contributed by atoms with Crippen LogP contribution in [0.5, 0.6) is 5.75 Å². The average Bonchev–Trinajstić information content (AvgIpc) is 2.90. The van der Waals surface area contributed by atoms with Gasteiger partial charge in [-0.15, -0.1) is 0 Å². The normalized spacial score (nSPS) is 10.5. The molecule has 97 valence electrons. The van der Waals surface area contributed by atoms with E-state index in [-0.39, 0.29) is 46.4 Å². The van der Waals surface area contributed by atoms with E-state index in [0.29, 0.717) is 21.6 Å². The van der Waals surface area contributed by atoms with Gasteiger partial charge in [0, 0.05) is 48.4 Å². The fourth-order valence-corrected chi connectivity index (χ4v) is 2.85. The molecule has 3 heterocycles. The molecule has 0 unspecified atom stereocenters. The van der Waals surface area contributed by atoms with Crippen molar-refractivity contribution in [1.82, 2.24) is 9.55 Å². The van der Waals surface area contributed by atoms with Crippen LogP contribution < -0.4 is 5.56 Å². The molecule has 7 heteroatoms. The third-order valence-electron chi connectivity index (χ3n) is 2.97. The van der Waals surface area contributed by atoms with Crippen molar-refractivity contribution in [3.05, 3.63) is 44.5 Å². The van der Waals surface area contributed by atoms with Crippen LogP contribution in [0.4, 0.5) is 0 Å². The number of thiophene rings is 1. The van der Waals surface area contributed by atoms with Gasteiger partial charge in [-0.2, -0.15) is 11.3 Å². The van der Waals surface area contributed by atoms with Crippen LogP contribution in [0.25, 0.3) is 22.2 Å². The second-order valence-electron chi connectivity index (χ2n) is 4.12. The fraction of sp³-hybridized carbons (Fsp3) is 0.0769. The van der Waals surface area contributed by atoms with Gasteiger partial charge in [0.25, 0.3) is 5.56 Å². The molecule has 20 heavy (non-hydrogen) atoms. The summed E-state index contributed by atoms with van der Waals surface area (Å²) in [6.45, 7) is 0. The van der Waals surface area contributed by atoms with Crippen LogP contribution in [0.1, 0.15) is 0 Å². The van der Waals surface area contributed by atoms with Crippen molar-refractivity contribution in [2.45, 2.75) is 0 Å². The summed E-state index contributed by atoms with van der Waals surface area (Å²) >= 11 is 7.37. The van der Waals surface area contributed by atoms with Crippen molar-refractivity contribution in [2.24, 2.45) is 7.05 Å². The number of aromatic hydroxyl groups is 1. The molecule has 0 aromatic carbocycles. The van der Waals surface area contributed by atoms with Crippen LogP contribution in [-0.4, -0.2) is 44.2 Å². The Labute approximate surface area is 145 Å². The maximum atomic E-state index is 12.3. The zero-order valence-corrected chi connectivity index (χ0v) is 14.5. The number of hydrogen-bond acceptors (Lipinski definition) is 4. The first-order valence-corrected chi connectivity index (χ1v) is 6.81. The number of fused-ring (bicyclic) bond motifs is 1. The Morgan fingerprint density at radius 2 is 2.20 bits per heavy atom. The first kappa shape index (κ1) is 15.5. The predicted molar refractivity (Wildman–Crippen MR) is 82.7 cm³/mol. The van der Waals surface area contributed by atoms with E-state index < -0.39 is 0 Å². The van der Waals surface area contributed by atoms with Gasteiger partial charge in [0.2, 0.25) is 0 Å². The standard InChI is InChI=1S/C13H9ClN2O2S.Na/c1-16-12-9(4-8(14)5-15-12)11(17)10(13(16)18)7-2-3-19-6-7;/h2-6,17H,1H3;.